The molecule has 166 valence electrons. The molecular formula is C22H26MoN2O6. The number of phenolic OH excluding ortho intramolecular Hbond substituents is 2. The van der Waals surface area contributed by atoms with Gasteiger partial charge in [-0.25, -0.2) is 9.98 Å². The Bertz CT molecular complexity index is 885. The molecule has 2 heterocycles. The Kier molecular flexibility index (Phi) is 10.2. The van der Waals surface area contributed by atoms with Crippen LogP contribution in [0.25, 0.3) is 0 Å². The van der Waals surface area contributed by atoms with Crippen LogP contribution in [-0.4, -0.2) is 47.3 Å². The Morgan fingerprint density at radius 2 is 1.16 bits per heavy atom. The number of aromatic hydroxyl groups is 2. The van der Waals surface area contributed by atoms with E-state index in [0.29, 0.717) is 36.1 Å². The SMILES string of the molecule is CC[C@@H]1COC(c2ccccc2O)=N1.CC[C@@H]1COC(c2ccccc2O)=N1.[O]=[Mo]=[O]. The summed E-state index contributed by atoms with van der Waals surface area (Å²) in [5, 5.41) is 19.1. The number of ether oxygens (including phenoxy) is 2. The van der Waals surface area contributed by atoms with Crippen LogP contribution in [0.3, 0.4) is 0 Å². The van der Waals surface area contributed by atoms with Gasteiger partial charge in [-0.05, 0) is 37.1 Å². The molecule has 0 amide bonds. The Balaban J connectivity index is 0.000000196. The van der Waals surface area contributed by atoms with E-state index in [0.717, 1.165) is 12.8 Å². The topological polar surface area (TPSA) is 118 Å². The fourth-order valence-electron chi connectivity index (χ4n) is 2.85. The minimum atomic E-state index is -2.03. The molecule has 8 nitrogen and oxygen atoms in total. The van der Waals surface area contributed by atoms with Crippen LogP contribution in [0.1, 0.15) is 37.8 Å². The van der Waals surface area contributed by atoms with Crippen molar-refractivity contribution >= 4 is 11.8 Å². The van der Waals surface area contributed by atoms with Crippen LogP contribution >= 0.6 is 0 Å². The normalized spacial score (nSPS) is 18.8. The van der Waals surface area contributed by atoms with Gasteiger partial charge < -0.3 is 19.7 Å². The zero-order valence-corrected chi connectivity index (χ0v) is 19.4. The molecule has 2 aliphatic rings. The predicted molar refractivity (Wildman–Crippen MR) is 111 cm³/mol. The van der Waals surface area contributed by atoms with Crippen molar-refractivity contribution in [3.8, 4) is 11.5 Å². The molecule has 9 heteroatoms. The van der Waals surface area contributed by atoms with E-state index in [9.17, 15) is 10.2 Å². The summed E-state index contributed by atoms with van der Waals surface area (Å²) < 4.78 is 27.8. The predicted octanol–water partition coefficient (Wildman–Crippen LogP) is 3.66. The number of benzene rings is 2. The van der Waals surface area contributed by atoms with E-state index in [2.05, 4.69) is 23.8 Å². The first kappa shape index (κ1) is 24.5. The molecule has 0 aliphatic carbocycles. The molecule has 0 aromatic heterocycles. The van der Waals surface area contributed by atoms with E-state index in [1.165, 1.54) is 0 Å². The molecule has 2 atom stereocenters. The molecule has 2 aromatic rings. The van der Waals surface area contributed by atoms with Gasteiger partial charge in [0.25, 0.3) is 0 Å². The third-order valence-corrected chi connectivity index (χ3v) is 4.64. The van der Waals surface area contributed by atoms with Gasteiger partial charge in [0.05, 0.1) is 23.2 Å². The van der Waals surface area contributed by atoms with Crippen LogP contribution in [-0.2, 0) is 34.8 Å². The van der Waals surface area contributed by atoms with Gasteiger partial charge in [0.15, 0.2) is 0 Å². The summed E-state index contributed by atoms with van der Waals surface area (Å²) in [7, 11) is 0. The van der Waals surface area contributed by atoms with E-state index in [4.69, 9.17) is 16.3 Å². The molecule has 0 radical (unpaired) electrons. The average Bonchev–Trinajstić information content (AvgIpc) is 3.45. The van der Waals surface area contributed by atoms with Gasteiger partial charge in [0.2, 0.25) is 11.8 Å². The second-order valence-corrected chi connectivity index (χ2v) is 7.05. The second kappa shape index (κ2) is 12.8. The monoisotopic (exact) mass is 512 g/mol. The molecule has 4 rings (SSSR count). The number of hydrogen-bond donors (Lipinski definition) is 2. The quantitative estimate of drug-likeness (QED) is 0.607. The summed E-state index contributed by atoms with van der Waals surface area (Å²) in [6.07, 6.45) is 1.94. The van der Waals surface area contributed by atoms with E-state index in [1.807, 2.05) is 24.3 Å². The Labute approximate surface area is 189 Å². The number of hydrogen-bond acceptors (Lipinski definition) is 8. The van der Waals surface area contributed by atoms with Crippen molar-refractivity contribution in [1.29, 1.82) is 0 Å². The zero-order valence-electron chi connectivity index (χ0n) is 17.4. The van der Waals surface area contributed by atoms with Gasteiger partial charge in [-0.3, -0.25) is 0 Å². The van der Waals surface area contributed by atoms with Crippen molar-refractivity contribution in [3.63, 3.8) is 0 Å². The maximum absolute atomic E-state index is 9.57. The fraction of sp³-hybridized carbons (Fsp3) is 0.364. The molecule has 0 fully saturated rings. The molecule has 0 spiro atoms. The minimum absolute atomic E-state index is 0.225. The zero-order chi connectivity index (χ0) is 22.6. The van der Waals surface area contributed by atoms with E-state index >= 15 is 0 Å². The molecule has 2 aliphatic heterocycles. The van der Waals surface area contributed by atoms with Crippen LogP contribution in [0, 0.1) is 0 Å². The first-order valence-electron chi connectivity index (χ1n) is 9.93. The Morgan fingerprint density at radius 3 is 1.45 bits per heavy atom. The summed E-state index contributed by atoms with van der Waals surface area (Å²) in [4.78, 5) is 8.74. The van der Waals surface area contributed by atoms with Crippen molar-refractivity contribution in [2.24, 2.45) is 9.98 Å². The van der Waals surface area contributed by atoms with Gasteiger partial charge in [-0.1, -0.05) is 38.1 Å². The number of rotatable bonds is 4. The third-order valence-electron chi connectivity index (χ3n) is 4.64. The fourth-order valence-corrected chi connectivity index (χ4v) is 2.85. The first-order chi connectivity index (χ1) is 15.0. The number of aliphatic imine (C=N–C) groups is 2. The number of para-hydroxylation sites is 2. The van der Waals surface area contributed by atoms with E-state index in [1.54, 1.807) is 24.3 Å². The van der Waals surface area contributed by atoms with Crippen LogP contribution < -0.4 is 0 Å². The Morgan fingerprint density at radius 1 is 0.806 bits per heavy atom. The Hall–Kier alpha value is -2.73. The van der Waals surface area contributed by atoms with Gasteiger partial charge >= 0.3 is 25.3 Å². The van der Waals surface area contributed by atoms with Crippen molar-refractivity contribution in [2.75, 3.05) is 13.2 Å². The van der Waals surface area contributed by atoms with Crippen molar-refractivity contribution in [1.82, 2.24) is 0 Å². The van der Waals surface area contributed by atoms with Crippen molar-refractivity contribution < 1.29 is 45.0 Å². The van der Waals surface area contributed by atoms with Crippen molar-refractivity contribution in [2.45, 2.75) is 38.8 Å². The summed E-state index contributed by atoms with van der Waals surface area (Å²) >= 11 is -2.03. The third kappa shape index (κ3) is 7.17. The molecule has 0 unspecified atom stereocenters. The molecular weight excluding hydrogens is 484 g/mol. The van der Waals surface area contributed by atoms with Gasteiger partial charge in [-0.15, -0.1) is 0 Å². The maximum atomic E-state index is 9.57. The van der Waals surface area contributed by atoms with Gasteiger partial charge in [0.1, 0.15) is 24.7 Å². The molecule has 0 saturated heterocycles. The van der Waals surface area contributed by atoms with Gasteiger partial charge in [-0.2, -0.15) is 0 Å². The second-order valence-electron chi connectivity index (χ2n) is 6.72. The molecule has 0 bridgehead atoms. The summed E-state index contributed by atoms with van der Waals surface area (Å²) in [6.45, 7) is 5.40. The van der Waals surface area contributed by atoms with Gasteiger partial charge in [0, 0.05) is 0 Å². The summed E-state index contributed by atoms with van der Waals surface area (Å²) in [6, 6.07) is 14.7. The average molecular weight is 510 g/mol. The number of phenols is 2. The van der Waals surface area contributed by atoms with Crippen molar-refractivity contribution in [3.05, 3.63) is 59.7 Å². The summed E-state index contributed by atoms with van der Waals surface area (Å²) in [5.74, 6) is 1.58. The molecule has 2 aromatic carbocycles. The number of nitrogens with zero attached hydrogens (tertiary/aromatic N) is 2. The first-order valence-corrected chi connectivity index (χ1v) is 11.6. The summed E-state index contributed by atoms with van der Waals surface area (Å²) in [5.41, 5.74) is 1.37. The van der Waals surface area contributed by atoms with Crippen LogP contribution in [0.4, 0.5) is 0 Å². The standard InChI is InChI=1S/2C11H13NO2.Mo.2O/c2*1-2-8-7-14-11(12-8)9-5-3-4-6-10(9)13;;;/h2*3-6,8,13H,2,7H2,1H3;;;/t2*8-;;;/m11.../s1. The molecule has 0 saturated carbocycles. The van der Waals surface area contributed by atoms with E-state index < -0.39 is 18.5 Å². The molecule has 31 heavy (non-hydrogen) atoms. The van der Waals surface area contributed by atoms with Crippen LogP contribution in [0.2, 0.25) is 0 Å². The van der Waals surface area contributed by atoms with Crippen LogP contribution in [0.5, 0.6) is 11.5 Å². The van der Waals surface area contributed by atoms with E-state index in [-0.39, 0.29) is 23.6 Å². The van der Waals surface area contributed by atoms with Crippen LogP contribution in [0.15, 0.2) is 58.5 Å². The molecule has 2 N–H and O–H groups in total.